The fraction of sp³-hybridized carbons (Fsp3) is 0.150. The highest BCUT2D eigenvalue weighted by atomic mass is 32.2. The number of thioether (sulfide) groups is 1. The number of methoxy groups -OCH3 is 3. The van der Waals surface area contributed by atoms with Gasteiger partial charge in [0.05, 0.1) is 26.2 Å². The predicted molar refractivity (Wildman–Crippen MR) is 115 cm³/mol. The van der Waals surface area contributed by atoms with E-state index in [0.717, 1.165) is 16.8 Å². The SMILES string of the molecule is COc1cc(/C=C2\SC(=S)N(NC(=O)c3ccccc3)C2=O)cc(OC)c1OC. The number of hydrogen-bond donors (Lipinski definition) is 1. The van der Waals surface area contributed by atoms with Gasteiger partial charge in [-0.15, -0.1) is 0 Å². The molecule has 3 rings (SSSR count). The second kappa shape index (κ2) is 8.97. The first-order valence-corrected chi connectivity index (χ1v) is 9.65. The summed E-state index contributed by atoms with van der Waals surface area (Å²) in [6.45, 7) is 0. The monoisotopic (exact) mass is 430 g/mol. The maximum Gasteiger partial charge on any atom is 0.285 e. The molecule has 0 atom stereocenters. The first-order chi connectivity index (χ1) is 14.0. The van der Waals surface area contributed by atoms with Crippen molar-refractivity contribution in [1.82, 2.24) is 10.4 Å². The molecule has 0 aliphatic carbocycles. The highest BCUT2D eigenvalue weighted by Crippen LogP contribution is 2.40. The van der Waals surface area contributed by atoms with E-state index >= 15 is 0 Å². The molecule has 1 N–H and O–H groups in total. The number of ether oxygens (including phenoxy) is 3. The minimum Gasteiger partial charge on any atom is -0.493 e. The van der Waals surface area contributed by atoms with Crippen molar-refractivity contribution < 1.29 is 23.8 Å². The molecule has 7 nitrogen and oxygen atoms in total. The van der Waals surface area contributed by atoms with Gasteiger partial charge in [-0.3, -0.25) is 15.0 Å². The van der Waals surface area contributed by atoms with Crippen molar-refractivity contribution in [2.24, 2.45) is 0 Å². The number of hydrogen-bond acceptors (Lipinski definition) is 7. The van der Waals surface area contributed by atoms with Crippen LogP contribution < -0.4 is 19.6 Å². The zero-order chi connectivity index (χ0) is 21.0. The lowest BCUT2D eigenvalue weighted by Crippen LogP contribution is -2.44. The number of benzene rings is 2. The van der Waals surface area contributed by atoms with Crippen molar-refractivity contribution in [2.75, 3.05) is 21.3 Å². The Bertz CT molecular complexity index is 967. The lowest BCUT2D eigenvalue weighted by Gasteiger charge is -2.15. The van der Waals surface area contributed by atoms with E-state index in [1.807, 2.05) is 0 Å². The van der Waals surface area contributed by atoms with E-state index in [4.69, 9.17) is 26.4 Å². The fourth-order valence-electron chi connectivity index (χ4n) is 2.66. The molecule has 1 fully saturated rings. The normalized spacial score (nSPS) is 14.9. The first-order valence-electron chi connectivity index (χ1n) is 8.42. The summed E-state index contributed by atoms with van der Waals surface area (Å²) < 4.78 is 16.2. The highest BCUT2D eigenvalue weighted by molar-refractivity contribution is 8.26. The molecule has 2 amide bonds. The summed E-state index contributed by atoms with van der Waals surface area (Å²) in [4.78, 5) is 25.5. The van der Waals surface area contributed by atoms with E-state index in [1.54, 1.807) is 48.5 Å². The van der Waals surface area contributed by atoms with Crippen LogP contribution in [-0.4, -0.2) is 42.5 Å². The molecule has 0 saturated carbocycles. The van der Waals surface area contributed by atoms with Crippen LogP contribution in [0.4, 0.5) is 0 Å². The van der Waals surface area contributed by atoms with Gasteiger partial charge in [-0.05, 0) is 48.1 Å². The zero-order valence-electron chi connectivity index (χ0n) is 15.9. The van der Waals surface area contributed by atoms with E-state index in [-0.39, 0.29) is 4.32 Å². The molecule has 0 radical (unpaired) electrons. The first kappa shape index (κ1) is 20.7. The van der Waals surface area contributed by atoms with Gasteiger partial charge in [0.1, 0.15) is 0 Å². The Kier molecular flexibility index (Phi) is 6.40. The summed E-state index contributed by atoms with van der Waals surface area (Å²) in [5, 5.41) is 1.07. The Balaban J connectivity index is 1.85. The Morgan fingerprint density at radius 1 is 1.07 bits per heavy atom. The number of rotatable bonds is 6. The molecule has 150 valence electrons. The number of hydrazine groups is 1. The van der Waals surface area contributed by atoms with Crippen LogP contribution in [0, 0.1) is 0 Å². The summed E-state index contributed by atoms with van der Waals surface area (Å²) >= 11 is 6.35. The summed E-state index contributed by atoms with van der Waals surface area (Å²) in [5.74, 6) is 0.542. The maximum absolute atomic E-state index is 12.8. The van der Waals surface area contributed by atoms with E-state index in [2.05, 4.69) is 5.43 Å². The minimum absolute atomic E-state index is 0.234. The molecule has 1 aliphatic heterocycles. The molecule has 0 spiro atoms. The van der Waals surface area contributed by atoms with E-state index < -0.39 is 11.8 Å². The van der Waals surface area contributed by atoms with Crippen molar-refractivity contribution in [3.63, 3.8) is 0 Å². The predicted octanol–water partition coefficient (Wildman–Crippen LogP) is 3.26. The van der Waals surface area contributed by atoms with Crippen molar-refractivity contribution in [3.05, 3.63) is 58.5 Å². The van der Waals surface area contributed by atoms with Crippen molar-refractivity contribution >= 4 is 46.2 Å². The largest absolute Gasteiger partial charge is 0.493 e. The molecule has 2 aromatic carbocycles. The van der Waals surface area contributed by atoms with E-state index in [1.165, 1.54) is 21.3 Å². The molecule has 2 aromatic rings. The van der Waals surface area contributed by atoms with Crippen molar-refractivity contribution in [2.45, 2.75) is 0 Å². The second-order valence-electron chi connectivity index (χ2n) is 5.78. The Morgan fingerprint density at radius 2 is 1.69 bits per heavy atom. The quantitative estimate of drug-likeness (QED) is 0.557. The van der Waals surface area contributed by atoms with Crippen LogP contribution in [0.15, 0.2) is 47.4 Å². The lowest BCUT2D eigenvalue weighted by atomic mass is 10.1. The molecule has 0 bridgehead atoms. The maximum atomic E-state index is 12.8. The summed E-state index contributed by atoms with van der Waals surface area (Å²) in [7, 11) is 4.54. The second-order valence-corrected chi connectivity index (χ2v) is 7.46. The Labute approximate surface area is 177 Å². The molecular formula is C20H18N2O5S2. The van der Waals surface area contributed by atoms with Crippen LogP contribution in [0.5, 0.6) is 17.2 Å². The molecule has 1 saturated heterocycles. The number of thiocarbonyl (C=S) groups is 1. The topological polar surface area (TPSA) is 77.1 Å². The highest BCUT2D eigenvalue weighted by Gasteiger charge is 2.34. The van der Waals surface area contributed by atoms with Crippen LogP contribution in [0.25, 0.3) is 6.08 Å². The Hall–Kier alpha value is -3.04. The third-order valence-corrected chi connectivity index (χ3v) is 5.33. The summed E-state index contributed by atoms with van der Waals surface area (Å²) in [6.07, 6.45) is 1.65. The molecule has 0 aromatic heterocycles. The smallest absolute Gasteiger partial charge is 0.285 e. The van der Waals surface area contributed by atoms with Gasteiger partial charge in [0.25, 0.3) is 11.8 Å². The molecule has 9 heteroatoms. The standard InChI is InChI=1S/C20H18N2O5S2/c1-25-14-9-12(10-15(26-2)17(14)27-3)11-16-19(24)22(20(28)29-16)21-18(23)13-7-5-4-6-8-13/h4-11H,1-3H3,(H,21,23)/b16-11-. The zero-order valence-corrected chi connectivity index (χ0v) is 17.6. The van der Waals surface area contributed by atoms with Gasteiger partial charge in [0, 0.05) is 5.56 Å². The fourth-order valence-corrected chi connectivity index (χ4v) is 3.84. The van der Waals surface area contributed by atoms with E-state index in [9.17, 15) is 9.59 Å². The number of nitrogens with zero attached hydrogens (tertiary/aromatic N) is 1. The van der Waals surface area contributed by atoms with Gasteiger partial charge in [-0.2, -0.15) is 5.01 Å². The van der Waals surface area contributed by atoms with Gasteiger partial charge >= 0.3 is 0 Å². The van der Waals surface area contributed by atoms with Gasteiger partial charge in [-0.1, -0.05) is 30.0 Å². The molecule has 29 heavy (non-hydrogen) atoms. The number of nitrogens with one attached hydrogen (secondary N) is 1. The van der Waals surface area contributed by atoms with Crippen LogP contribution in [0.3, 0.4) is 0 Å². The van der Waals surface area contributed by atoms with Crippen molar-refractivity contribution in [1.29, 1.82) is 0 Å². The average Bonchev–Trinajstić information content (AvgIpc) is 3.00. The molecular weight excluding hydrogens is 412 g/mol. The average molecular weight is 431 g/mol. The lowest BCUT2D eigenvalue weighted by molar-refractivity contribution is -0.123. The van der Waals surface area contributed by atoms with Gasteiger partial charge in [-0.25, -0.2) is 0 Å². The van der Waals surface area contributed by atoms with Crippen molar-refractivity contribution in [3.8, 4) is 17.2 Å². The third-order valence-electron chi connectivity index (χ3n) is 4.03. The van der Waals surface area contributed by atoms with Gasteiger partial charge < -0.3 is 14.2 Å². The minimum atomic E-state index is -0.420. The van der Waals surface area contributed by atoms with Gasteiger partial charge in [0.2, 0.25) is 5.75 Å². The number of carbonyl (C=O) groups excluding carboxylic acids is 2. The number of carbonyl (C=O) groups is 2. The van der Waals surface area contributed by atoms with Crippen LogP contribution in [0.2, 0.25) is 0 Å². The van der Waals surface area contributed by atoms with Gasteiger partial charge in [0.15, 0.2) is 15.8 Å². The molecule has 0 unspecified atom stereocenters. The van der Waals surface area contributed by atoms with Crippen LogP contribution in [0.1, 0.15) is 15.9 Å². The Morgan fingerprint density at radius 3 is 2.24 bits per heavy atom. The molecule has 1 heterocycles. The summed E-state index contributed by atoms with van der Waals surface area (Å²) in [6, 6.07) is 12.0. The third kappa shape index (κ3) is 4.36. The van der Waals surface area contributed by atoms with E-state index in [0.29, 0.717) is 33.3 Å². The van der Waals surface area contributed by atoms with Crippen LogP contribution in [-0.2, 0) is 4.79 Å². The molecule has 1 aliphatic rings. The number of amides is 2. The summed E-state index contributed by atoms with van der Waals surface area (Å²) in [5.41, 5.74) is 3.63. The van der Waals surface area contributed by atoms with Crippen LogP contribution >= 0.6 is 24.0 Å².